The average Bonchev–Trinajstić information content (AvgIpc) is 3.37. The average molecular weight is 1070 g/mol. The topological polar surface area (TPSA) is 111 Å². The van der Waals surface area contributed by atoms with Crippen LogP contribution in [0.1, 0.15) is 278 Å². The number of esters is 1. The second-order valence-corrected chi connectivity index (χ2v) is 23.7. The molecular weight excluding hydrogens is 952 g/mol. The highest BCUT2D eigenvalue weighted by Crippen LogP contribution is 2.43. The first-order chi connectivity index (χ1) is 36.4. The van der Waals surface area contributed by atoms with Crippen molar-refractivity contribution in [3.63, 3.8) is 0 Å². The second kappa shape index (κ2) is 54.8. The van der Waals surface area contributed by atoms with Gasteiger partial charge in [0.15, 0.2) is 0 Å². The van der Waals surface area contributed by atoms with Crippen molar-refractivity contribution in [1.82, 2.24) is 5.32 Å². The fourth-order valence-electron chi connectivity index (χ4n) is 8.74. The summed E-state index contributed by atoms with van der Waals surface area (Å²) in [6.45, 7) is 6.96. The van der Waals surface area contributed by atoms with Crippen LogP contribution in [-0.4, -0.2) is 74.3 Å². The van der Waals surface area contributed by atoms with Gasteiger partial charge in [0.2, 0.25) is 5.91 Å². The Morgan fingerprint density at radius 1 is 0.467 bits per heavy atom. The van der Waals surface area contributed by atoms with Crippen LogP contribution < -0.4 is 5.32 Å². The number of rotatable bonds is 56. The van der Waals surface area contributed by atoms with Crippen molar-refractivity contribution in [3.8, 4) is 0 Å². The predicted molar refractivity (Wildman–Crippen MR) is 323 cm³/mol. The summed E-state index contributed by atoms with van der Waals surface area (Å²) in [5.41, 5.74) is 0. The molecule has 3 atom stereocenters. The number of carbonyl (C=O) groups excluding carboxylic acids is 2. The lowest BCUT2D eigenvalue weighted by atomic mass is 10.1. The zero-order valence-corrected chi connectivity index (χ0v) is 50.7. The van der Waals surface area contributed by atoms with Crippen molar-refractivity contribution in [3.05, 3.63) is 72.9 Å². The van der Waals surface area contributed by atoms with Crippen molar-refractivity contribution in [2.45, 2.75) is 290 Å². The van der Waals surface area contributed by atoms with Gasteiger partial charge in [0.25, 0.3) is 0 Å². The fourth-order valence-corrected chi connectivity index (χ4v) is 9.48. The molecule has 9 nitrogen and oxygen atoms in total. The van der Waals surface area contributed by atoms with Gasteiger partial charge in [-0.15, -0.1) is 0 Å². The first-order valence-electron chi connectivity index (χ1n) is 31.3. The normalized spacial score (nSPS) is 14.2. The maximum Gasteiger partial charge on any atom is 0.472 e. The Kier molecular flexibility index (Phi) is 52.9. The number of ether oxygens (including phenoxy) is 1. The van der Waals surface area contributed by atoms with E-state index in [1.165, 1.54) is 141 Å². The zero-order valence-electron chi connectivity index (χ0n) is 49.8. The zero-order chi connectivity index (χ0) is 55.0. The van der Waals surface area contributed by atoms with Crippen molar-refractivity contribution < 1.29 is 37.3 Å². The summed E-state index contributed by atoms with van der Waals surface area (Å²) >= 11 is 0. The number of likely N-dealkylation sites (N-methyl/N-ethyl adjacent to an activating group) is 1. The summed E-state index contributed by atoms with van der Waals surface area (Å²) < 4.78 is 30.6. The maximum atomic E-state index is 13.5. The molecule has 0 aromatic carbocycles. The molecule has 0 aliphatic heterocycles. The minimum absolute atomic E-state index is 0.0346. The molecule has 2 N–H and O–H groups in total. The monoisotopic (exact) mass is 1070 g/mol. The molecule has 436 valence electrons. The Balaban J connectivity index is 5.13. The van der Waals surface area contributed by atoms with Crippen LogP contribution in [0.3, 0.4) is 0 Å². The molecule has 0 aliphatic rings. The number of unbranched alkanes of at least 4 members (excludes halogenated alkanes) is 30. The van der Waals surface area contributed by atoms with E-state index in [0.717, 1.165) is 103 Å². The number of nitrogens with one attached hydrogen (secondary N) is 1. The maximum absolute atomic E-state index is 13.5. The Morgan fingerprint density at radius 3 is 1.27 bits per heavy atom. The van der Waals surface area contributed by atoms with Crippen molar-refractivity contribution >= 4 is 19.7 Å². The summed E-state index contributed by atoms with van der Waals surface area (Å²) in [6, 6.07) is -0.860. The van der Waals surface area contributed by atoms with E-state index in [1.54, 1.807) is 0 Å². The Hall–Kier alpha value is -2.55. The van der Waals surface area contributed by atoms with Gasteiger partial charge >= 0.3 is 13.8 Å². The van der Waals surface area contributed by atoms with E-state index in [-0.39, 0.29) is 31.5 Å². The van der Waals surface area contributed by atoms with E-state index in [1.807, 2.05) is 33.3 Å². The molecule has 3 unspecified atom stereocenters. The second-order valence-electron chi connectivity index (χ2n) is 22.2. The van der Waals surface area contributed by atoms with Crippen LogP contribution in [0.15, 0.2) is 72.9 Å². The van der Waals surface area contributed by atoms with Crippen LogP contribution in [-0.2, 0) is 27.9 Å². The molecule has 0 aliphatic carbocycles. The summed E-state index contributed by atoms with van der Waals surface area (Å²) in [6.07, 6.45) is 70.5. The number of phosphoric ester groups is 1. The van der Waals surface area contributed by atoms with Gasteiger partial charge in [-0.1, -0.05) is 235 Å². The molecule has 75 heavy (non-hydrogen) atoms. The third kappa shape index (κ3) is 56.0. The van der Waals surface area contributed by atoms with Crippen LogP contribution in [0.25, 0.3) is 0 Å². The molecule has 0 spiro atoms. The largest absolute Gasteiger partial charge is 0.472 e. The van der Waals surface area contributed by atoms with E-state index in [9.17, 15) is 19.0 Å². The van der Waals surface area contributed by atoms with Gasteiger partial charge in [-0.05, 0) is 102 Å². The molecule has 0 saturated heterocycles. The van der Waals surface area contributed by atoms with Gasteiger partial charge in [-0.2, -0.15) is 0 Å². The van der Waals surface area contributed by atoms with Gasteiger partial charge in [-0.3, -0.25) is 18.6 Å². The summed E-state index contributed by atoms with van der Waals surface area (Å²) in [5.74, 6) is -0.530. The molecule has 10 heteroatoms. The third-order valence-corrected chi connectivity index (χ3v) is 14.6. The number of amides is 1. The first kappa shape index (κ1) is 72.5. The number of quaternary nitrogens is 1. The standard InChI is InChI=1S/C65H119N2O7P/c1-7-10-13-16-19-22-25-27-28-29-30-31-32-33-34-35-36-37-38-40-43-46-49-52-55-58-65(69)74-63(56-53-50-47-44-41-24-21-18-15-12-9-3)62(61-73-75(70,71)72-60-59-67(4,5)6)66-64(68)57-54-51-48-45-42-39-26-23-20-17-14-11-8-2/h19,22,27-28,30-31,33-34,39,42,53,56,62-63H,7-18,20-21,23-26,29,32,35-38,40-41,43-52,54-55,57-61H2,1-6H3,(H-,66,68,70,71)/p+1/b22-19-,28-27-,31-30-,34-33-,42-39-,56-53-. The number of nitrogens with zero attached hydrogens (tertiary/aromatic N) is 1. The third-order valence-electron chi connectivity index (χ3n) is 13.6. The smallest absolute Gasteiger partial charge is 0.456 e. The number of carbonyl (C=O) groups is 2. The Bertz CT molecular complexity index is 1510. The molecule has 0 fully saturated rings. The quantitative estimate of drug-likeness (QED) is 0.0205. The molecule has 1 amide bonds. The van der Waals surface area contributed by atoms with Crippen LogP contribution >= 0.6 is 7.82 Å². The van der Waals surface area contributed by atoms with E-state index < -0.39 is 20.0 Å². The Labute approximate surface area is 463 Å². The SMILES string of the molecule is CCCCC/C=C\C/C=C\C/C=C\C/C=C\CCCCCCCCCCCC(=O)OC(/C=C\CCCCCCCCCCC)C(COP(=O)(O)OCC[N+](C)(C)C)NC(=O)CCCCC/C=C\CCCCCCCC. The van der Waals surface area contributed by atoms with Crippen LogP contribution in [0, 0.1) is 0 Å². The lowest BCUT2D eigenvalue weighted by Crippen LogP contribution is -2.47. The van der Waals surface area contributed by atoms with E-state index in [0.29, 0.717) is 17.4 Å². The molecule has 0 aromatic rings. The number of hydrogen-bond donors (Lipinski definition) is 2. The highest BCUT2D eigenvalue weighted by Gasteiger charge is 2.30. The molecular formula is C65H120N2O7P+. The van der Waals surface area contributed by atoms with Crippen molar-refractivity contribution in [1.29, 1.82) is 0 Å². The van der Waals surface area contributed by atoms with E-state index in [4.69, 9.17) is 13.8 Å². The van der Waals surface area contributed by atoms with Crippen molar-refractivity contribution in [2.24, 2.45) is 0 Å². The van der Waals surface area contributed by atoms with Gasteiger partial charge in [0.05, 0.1) is 33.8 Å². The molecule has 0 saturated carbocycles. The first-order valence-corrected chi connectivity index (χ1v) is 32.8. The van der Waals surface area contributed by atoms with Crippen LogP contribution in [0.5, 0.6) is 0 Å². The summed E-state index contributed by atoms with van der Waals surface area (Å²) in [7, 11) is 1.48. The fraction of sp³-hybridized carbons (Fsp3) is 0.785. The lowest BCUT2D eigenvalue weighted by Gasteiger charge is -2.27. The van der Waals surface area contributed by atoms with Crippen LogP contribution in [0.2, 0.25) is 0 Å². The molecule has 0 rings (SSSR count). The van der Waals surface area contributed by atoms with E-state index >= 15 is 0 Å². The van der Waals surface area contributed by atoms with Gasteiger partial charge < -0.3 is 19.4 Å². The molecule has 0 aromatic heterocycles. The van der Waals surface area contributed by atoms with Gasteiger partial charge in [-0.25, -0.2) is 4.57 Å². The summed E-state index contributed by atoms with van der Waals surface area (Å²) in [5, 5.41) is 3.04. The minimum Gasteiger partial charge on any atom is -0.456 e. The number of allylic oxidation sites excluding steroid dienone is 11. The van der Waals surface area contributed by atoms with Gasteiger partial charge in [0.1, 0.15) is 19.3 Å². The molecule has 0 heterocycles. The van der Waals surface area contributed by atoms with Crippen molar-refractivity contribution in [2.75, 3.05) is 40.9 Å². The minimum atomic E-state index is -4.45. The summed E-state index contributed by atoms with van der Waals surface area (Å²) in [4.78, 5) is 37.6. The number of phosphoric acid groups is 1. The lowest BCUT2D eigenvalue weighted by molar-refractivity contribution is -0.870. The molecule has 0 radical (unpaired) electrons. The van der Waals surface area contributed by atoms with Crippen LogP contribution in [0.4, 0.5) is 0 Å². The van der Waals surface area contributed by atoms with E-state index in [2.05, 4.69) is 86.8 Å². The number of hydrogen-bond acceptors (Lipinski definition) is 6. The van der Waals surface area contributed by atoms with Gasteiger partial charge in [0, 0.05) is 12.8 Å². The predicted octanol–water partition coefficient (Wildman–Crippen LogP) is 19.2. The highest BCUT2D eigenvalue weighted by atomic mass is 31.2. The Morgan fingerprint density at radius 2 is 0.813 bits per heavy atom. The highest BCUT2D eigenvalue weighted by molar-refractivity contribution is 7.47. The molecule has 0 bridgehead atoms.